The Balaban J connectivity index is 1.87. The molecule has 0 bridgehead atoms. The summed E-state index contributed by atoms with van der Waals surface area (Å²) in [5, 5.41) is 4.06. The maximum Gasteiger partial charge on any atom is 0.246 e. The van der Waals surface area contributed by atoms with E-state index in [4.69, 9.17) is 11.6 Å². The zero-order valence-corrected chi connectivity index (χ0v) is 21.0. The molecule has 2 aromatic carbocycles. The van der Waals surface area contributed by atoms with Crippen LogP contribution in [0.5, 0.6) is 0 Å². The van der Waals surface area contributed by atoms with E-state index in [0.29, 0.717) is 12.1 Å². The number of anilines is 1. The van der Waals surface area contributed by atoms with Gasteiger partial charge in [-0.1, -0.05) is 64.3 Å². The zero-order chi connectivity index (χ0) is 22.6. The summed E-state index contributed by atoms with van der Waals surface area (Å²) < 4.78 is 55.6. The SMILES string of the molecule is CN1C(CCCCCBr)Nc2cc(Cl)c(S(=O)(=O)NCc3ccccc3)cc2S1(=O)=O. The van der Waals surface area contributed by atoms with Gasteiger partial charge in [-0.25, -0.2) is 21.6 Å². The Kier molecular flexibility index (Phi) is 8.04. The van der Waals surface area contributed by atoms with Crippen molar-refractivity contribution < 1.29 is 16.8 Å². The van der Waals surface area contributed by atoms with Crippen molar-refractivity contribution in [1.82, 2.24) is 9.03 Å². The molecular formula is C20H25BrClN3O4S2. The molecule has 1 unspecified atom stereocenters. The molecule has 2 aromatic rings. The molecule has 0 aliphatic carbocycles. The molecule has 31 heavy (non-hydrogen) atoms. The Hall–Kier alpha value is -1.17. The number of sulfonamides is 2. The summed E-state index contributed by atoms with van der Waals surface area (Å²) in [6.45, 7) is 0.0674. The molecule has 7 nitrogen and oxygen atoms in total. The van der Waals surface area contributed by atoms with Crippen LogP contribution in [0.25, 0.3) is 0 Å². The molecule has 1 heterocycles. The number of hydrogen-bond donors (Lipinski definition) is 2. The van der Waals surface area contributed by atoms with E-state index in [2.05, 4.69) is 26.0 Å². The fraction of sp³-hybridized carbons (Fsp3) is 0.400. The first-order chi connectivity index (χ1) is 14.7. The van der Waals surface area contributed by atoms with Crippen molar-refractivity contribution in [3.63, 3.8) is 0 Å². The van der Waals surface area contributed by atoms with Crippen molar-refractivity contribution in [2.45, 2.75) is 48.2 Å². The molecule has 0 radical (unpaired) electrons. The van der Waals surface area contributed by atoms with E-state index in [1.165, 1.54) is 17.4 Å². The van der Waals surface area contributed by atoms with Gasteiger partial charge in [-0.3, -0.25) is 0 Å². The van der Waals surface area contributed by atoms with Gasteiger partial charge < -0.3 is 5.32 Å². The summed E-state index contributed by atoms with van der Waals surface area (Å²) in [4.78, 5) is -0.366. The largest absolute Gasteiger partial charge is 0.368 e. The number of rotatable bonds is 9. The minimum atomic E-state index is -4.02. The highest BCUT2D eigenvalue weighted by atomic mass is 79.9. The van der Waals surface area contributed by atoms with Gasteiger partial charge in [0.15, 0.2) is 0 Å². The Bertz CT molecular complexity index is 1130. The number of alkyl halides is 1. The standard InChI is InChI=1S/C20H25BrClN3O4S2/c1-25-20(10-6-3-7-11-21)24-17-12-16(22)18(13-19(17)31(25,28)29)30(26,27)23-14-15-8-4-2-5-9-15/h2,4-5,8-9,12-13,20,23-24H,3,6-7,10-11,14H2,1H3. The summed E-state index contributed by atoms with van der Waals surface area (Å²) in [6.07, 6.45) is 3.08. The smallest absolute Gasteiger partial charge is 0.246 e. The third kappa shape index (κ3) is 5.61. The third-order valence-electron chi connectivity index (χ3n) is 5.16. The van der Waals surface area contributed by atoms with Crippen LogP contribution in [0.4, 0.5) is 5.69 Å². The highest BCUT2D eigenvalue weighted by Gasteiger charge is 2.37. The highest BCUT2D eigenvalue weighted by molar-refractivity contribution is 9.09. The Morgan fingerprint density at radius 1 is 1.16 bits per heavy atom. The zero-order valence-electron chi connectivity index (χ0n) is 17.0. The monoisotopic (exact) mass is 549 g/mol. The Morgan fingerprint density at radius 3 is 2.55 bits per heavy atom. The van der Waals surface area contributed by atoms with Gasteiger partial charge in [0.25, 0.3) is 0 Å². The molecule has 0 fully saturated rings. The fourth-order valence-electron chi connectivity index (χ4n) is 3.37. The van der Waals surface area contributed by atoms with Crippen LogP contribution in [0.2, 0.25) is 5.02 Å². The summed E-state index contributed by atoms with van der Waals surface area (Å²) in [7, 11) is -6.39. The normalized spacial score (nSPS) is 18.4. The number of fused-ring (bicyclic) bond motifs is 1. The second-order valence-corrected chi connectivity index (χ2v) is 12.2. The van der Waals surface area contributed by atoms with E-state index in [-0.39, 0.29) is 21.4 Å². The van der Waals surface area contributed by atoms with Gasteiger partial charge in [-0.05, 0) is 37.0 Å². The van der Waals surface area contributed by atoms with Gasteiger partial charge >= 0.3 is 0 Å². The molecule has 0 saturated heterocycles. The lowest BCUT2D eigenvalue weighted by Gasteiger charge is -2.35. The Labute approximate surface area is 197 Å². The minimum absolute atomic E-state index is 0.0374. The van der Waals surface area contributed by atoms with Crippen LogP contribution < -0.4 is 10.0 Å². The number of nitrogens with one attached hydrogen (secondary N) is 2. The molecule has 1 atom stereocenters. The first-order valence-electron chi connectivity index (χ1n) is 9.84. The molecule has 170 valence electrons. The molecule has 1 aliphatic rings. The predicted molar refractivity (Wildman–Crippen MR) is 127 cm³/mol. The van der Waals surface area contributed by atoms with Crippen LogP contribution in [0, 0.1) is 0 Å². The van der Waals surface area contributed by atoms with Gasteiger partial charge in [-0.2, -0.15) is 4.31 Å². The predicted octanol–water partition coefficient (Wildman–Crippen LogP) is 4.15. The lowest BCUT2D eigenvalue weighted by atomic mass is 10.1. The third-order valence-corrected chi connectivity index (χ3v) is 9.49. The van der Waals surface area contributed by atoms with E-state index >= 15 is 0 Å². The molecule has 0 saturated carbocycles. The van der Waals surface area contributed by atoms with E-state index < -0.39 is 26.2 Å². The van der Waals surface area contributed by atoms with Crippen molar-refractivity contribution in [2.24, 2.45) is 0 Å². The number of nitrogens with zero attached hydrogens (tertiary/aromatic N) is 1. The van der Waals surface area contributed by atoms with Gasteiger partial charge in [0.05, 0.1) is 16.9 Å². The van der Waals surface area contributed by atoms with Crippen molar-refractivity contribution in [3.05, 3.63) is 53.1 Å². The second-order valence-electron chi connectivity index (χ2n) is 7.31. The molecule has 0 amide bonds. The van der Waals surface area contributed by atoms with Crippen molar-refractivity contribution in [3.8, 4) is 0 Å². The number of unbranched alkanes of at least 4 members (excludes halogenated alkanes) is 2. The lowest BCUT2D eigenvalue weighted by Crippen LogP contribution is -2.46. The topological polar surface area (TPSA) is 95.6 Å². The van der Waals surface area contributed by atoms with E-state index in [9.17, 15) is 16.8 Å². The average Bonchev–Trinajstić information content (AvgIpc) is 2.73. The van der Waals surface area contributed by atoms with Gasteiger partial charge in [-0.15, -0.1) is 0 Å². The molecular weight excluding hydrogens is 526 g/mol. The number of halogens is 2. The molecule has 1 aliphatic heterocycles. The molecule has 2 N–H and O–H groups in total. The first-order valence-corrected chi connectivity index (χ1v) is 14.3. The van der Waals surface area contributed by atoms with Gasteiger partial charge in [0, 0.05) is 18.9 Å². The van der Waals surface area contributed by atoms with Crippen LogP contribution in [0.15, 0.2) is 52.3 Å². The maximum atomic E-state index is 13.1. The van der Waals surface area contributed by atoms with Crippen molar-refractivity contribution in [2.75, 3.05) is 17.7 Å². The summed E-state index contributed by atoms with van der Waals surface area (Å²) in [5.41, 5.74) is 1.09. The first kappa shape index (κ1) is 24.5. The summed E-state index contributed by atoms with van der Waals surface area (Å²) >= 11 is 9.67. The lowest BCUT2D eigenvalue weighted by molar-refractivity contribution is 0.362. The molecule has 3 rings (SSSR count). The summed E-state index contributed by atoms with van der Waals surface area (Å²) in [5.74, 6) is 0. The van der Waals surface area contributed by atoms with Crippen LogP contribution in [0.3, 0.4) is 0 Å². The van der Waals surface area contributed by atoms with Crippen LogP contribution in [-0.2, 0) is 26.6 Å². The van der Waals surface area contributed by atoms with Crippen LogP contribution in [0.1, 0.15) is 31.2 Å². The van der Waals surface area contributed by atoms with E-state index in [1.807, 2.05) is 6.07 Å². The van der Waals surface area contributed by atoms with Crippen molar-refractivity contribution in [1.29, 1.82) is 0 Å². The quantitative estimate of drug-likeness (QED) is 0.361. The highest BCUT2D eigenvalue weighted by Crippen LogP contribution is 2.37. The minimum Gasteiger partial charge on any atom is -0.368 e. The van der Waals surface area contributed by atoms with Gasteiger partial charge in [0.2, 0.25) is 20.0 Å². The Morgan fingerprint density at radius 2 is 1.87 bits per heavy atom. The summed E-state index contributed by atoms with van der Waals surface area (Å²) in [6, 6.07) is 11.5. The van der Waals surface area contributed by atoms with Crippen LogP contribution >= 0.6 is 27.5 Å². The average molecular weight is 551 g/mol. The van der Waals surface area contributed by atoms with Gasteiger partial charge in [0.1, 0.15) is 9.79 Å². The van der Waals surface area contributed by atoms with Crippen molar-refractivity contribution >= 4 is 53.3 Å². The fourth-order valence-corrected chi connectivity index (χ4v) is 6.88. The number of hydrogen-bond acceptors (Lipinski definition) is 5. The van der Waals surface area contributed by atoms with E-state index in [1.54, 1.807) is 24.3 Å². The van der Waals surface area contributed by atoms with Crippen LogP contribution in [-0.4, -0.2) is 39.7 Å². The molecule has 0 spiro atoms. The van der Waals surface area contributed by atoms with E-state index in [0.717, 1.165) is 36.2 Å². The molecule has 0 aromatic heterocycles. The second kappa shape index (κ2) is 10.2. The maximum absolute atomic E-state index is 13.1. The number of benzene rings is 2. The molecule has 11 heteroatoms.